The summed E-state index contributed by atoms with van der Waals surface area (Å²) >= 11 is 0. The second kappa shape index (κ2) is 10.3. The number of ketones is 1. The van der Waals surface area contributed by atoms with Crippen LogP contribution in [0, 0.1) is 26.9 Å². The molecule has 3 N–H and O–H groups in total. The molecule has 0 unspecified atom stereocenters. The zero-order valence-corrected chi connectivity index (χ0v) is 21.1. The topological polar surface area (TPSA) is 167 Å². The third-order valence-electron chi connectivity index (χ3n) is 6.32. The zero-order chi connectivity index (χ0) is 27.6. The molecule has 0 fully saturated rings. The Balaban J connectivity index is 1.55. The van der Waals surface area contributed by atoms with E-state index in [0.717, 1.165) is 0 Å². The number of nitriles is 1. The highest BCUT2D eigenvalue weighted by atomic mass is 16.6. The van der Waals surface area contributed by atoms with E-state index < -0.39 is 16.7 Å². The number of nitro groups is 1. The van der Waals surface area contributed by atoms with Gasteiger partial charge >= 0.3 is 0 Å². The van der Waals surface area contributed by atoms with E-state index >= 15 is 0 Å². The van der Waals surface area contributed by atoms with Gasteiger partial charge in [-0.1, -0.05) is 19.9 Å². The number of anilines is 1. The standard InChI is InChI=1S/C27H26N4O7/c1-27(2)11-19(32)25-22(12-27)38-26(29)18(13-28)24(25)15-4-9-20(21(10-15)36-3)37-14-23(33)30-16-5-7-17(8-6-16)31(34)35/h4-10,24H,11-12,14,29H2,1-3H3,(H,30,33)/t24-/m1/s1. The van der Waals surface area contributed by atoms with Gasteiger partial charge in [-0.15, -0.1) is 0 Å². The Morgan fingerprint density at radius 2 is 1.95 bits per heavy atom. The van der Waals surface area contributed by atoms with E-state index in [4.69, 9.17) is 19.9 Å². The lowest BCUT2D eigenvalue weighted by molar-refractivity contribution is -0.384. The lowest BCUT2D eigenvalue weighted by Crippen LogP contribution is -2.33. The fraction of sp³-hybridized carbons (Fsp3) is 0.296. The summed E-state index contributed by atoms with van der Waals surface area (Å²) in [6.07, 6.45) is 0.818. The van der Waals surface area contributed by atoms with Gasteiger partial charge in [0.15, 0.2) is 23.9 Å². The van der Waals surface area contributed by atoms with Crippen LogP contribution < -0.4 is 20.5 Å². The summed E-state index contributed by atoms with van der Waals surface area (Å²) in [5, 5.41) is 23.2. The van der Waals surface area contributed by atoms with Crippen LogP contribution in [0.4, 0.5) is 11.4 Å². The summed E-state index contributed by atoms with van der Waals surface area (Å²) in [7, 11) is 1.43. The van der Waals surface area contributed by atoms with Crippen molar-refractivity contribution >= 4 is 23.1 Å². The first-order valence-electron chi connectivity index (χ1n) is 11.7. The van der Waals surface area contributed by atoms with E-state index in [1.807, 2.05) is 13.8 Å². The lowest BCUT2D eigenvalue weighted by Gasteiger charge is -2.37. The molecule has 0 bridgehead atoms. The zero-order valence-electron chi connectivity index (χ0n) is 21.1. The minimum Gasteiger partial charge on any atom is -0.493 e. The Bertz CT molecular complexity index is 1420. The molecule has 2 aromatic rings. The van der Waals surface area contributed by atoms with Crippen LogP contribution in [-0.4, -0.2) is 30.3 Å². The number of benzene rings is 2. The monoisotopic (exact) mass is 518 g/mol. The van der Waals surface area contributed by atoms with Gasteiger partial charge in [0.25, 0.3) is 11.6 Å². The van der Waals surface area contributed by atoms with Crippen LogP contribution in [0.1, 0.15) is 38.2 Å². The largest absolute Gasteiger partial charge is 0.493 e. The Morgan fingerprint density at radius 3 is 2.58 bits per heavy atom. The lowest BCUT2D eigenvalue weighted by atomic mass is 9.70. The summed E-state index contributed by atoms with van der Waals surface area (Å²) in [5.74, 6) is -0.327. The summed E-state index contributed by atoms with van der Waals surface area (Å²) < 4.78 is 16.8. The van der Waals surface area contributed by atoms with Crippen LogP contribution in [0.3, 0.4) is 0 Å². The van der Waals surface area contributed by atoms with E-state index in [0.29, 0.717) is 41.2 Å². The number of carbonyl (C=O) groups excluding carboxylic acids is 2. The SMILES string of the molecule is COc1cc([C@@H]2C(C#N)=C(N)OC3=C2C(=O)CC(C)(C)C3)ccc1OCC(=O)Nc1ccc([N+](=O)[O-])cc1. The molecule has 0 saturated carbocycles. The van der Waals surface area contributed by atoms with Gasteiger partial charge < -0.3 is 25.3 Å². The first-order valence-corrected chi connectivity index (χ1v) is 11.7. The predicted octanol–water partition coefficient (Wildman–Crippen LogP) is 4.07. The number of methoxy groups -OCH3 is 1. The smallest absolute Gasteiger partial charge is 0.269 e. The summed E-state index contributed by atoms with van der Waals surface area (Å²) in [6, 6.07) is 12.4. The molecule has 2 aromatic carbocycles. The van der Waals surface area contributed by atoms with Crippen LogP contribution >= 0.6 is 0 Å². The third-order valence-corrected chi connectivity index (χ3v) is 6.32. The predicted molar refractivity (Wildman–Crippen MR) is 136 cm³/mol. The number of nitrogens with one attached hydrogen (secondary N) is 1. The Morgan fingerprint density at radius 1 is 1.24 bits per heavy atom. The van der Waals surface area contributed by atoms with E-state index in [2.05, 4.69) is 11.4 Å². The number of hydrogen-bond donors (Lipinski definition) is 2. The highest BCUT2D eigenvalue weighted by molar-refractivity contribution is 6.00. The molecule has 1 amide bonds. The molecule has 38 heavy (non-hydrogen) atoms. The van der Waals surface area contributed by atoms with Gasteiger partial charge in [-0.25, -0.2) is 0 Å². The minimum atomic E-state index is -0.722. The van der Waals surface area contributed by atoms with Gasteiger partial charge in [0, 0.05) is 36.2 Å². The molecule has 0 aromatic heterocycles. The van der Waals surface area contributed by atoms with Crippen molar-refractivity contribution in [3.8, 4) is 17.6 Å². The van der Waals surface area contributed by atoms with Crippen LogP contribution in [0.2, 0.25) is 0 Å². The normalized spacial score (nSPS) is 18.2. The Hall–Kier alpha value is -4.85. The van der Waals surface area contributed by atoms with E-state index in [9.17, 15) is 25.0 Å². The summed E-state index contributed by atoms with van der Waals surface area (Å²) in [6.45, 7) is 3.59. The molecule has 11 heteroatoms. The summed E-state index contributed by atoms with van der Waals surface area (Å²) in [4.78, 5) is 35.8. The molecule has 0 saturated heterocycles. The van der Waals surface area contributed by atoms with Crippen molar-refractivity contribution in [1.82, 2.24) is 0 Å². The number of nitro benzene ring substituents is 1. The number of amides is 1. The van der Waals surface area contributed by atoms with Crippen LogP contribution in [0.5, 0.6) is 11.5 Å². The number of non-ortho nitro benzene ring substituents is 1. The number of allylic oxidation sites excluding steroid dienone is 3. The maximum atomic E-state index is 13.2. The molecule has 4 rings (SSSR count). The van der Waals surface area contributed by atoms with E-state index in [-0.39, 0.29) is 40.7 Å². The highest BCUT2D eigenvalue weighted by Gasteiger charge is 2.43. The first-order chi connectivity index (χ1) is 18.0. The second-order valence-electron chi connectivity index (χ2n) is 9.75. The highest BCUT2D eigenvalue weighted by Crippen LogP contribution is 2.48. The Kier molecular flexibility index (Phi) is 7.08. The van der Waals surface area contributed by atoms with Crippen molar-refractivity contribution in [3.05, 3.63) is 80.9 Å². The number of nitrogens with two attached hydrogens (primary N) is 1. The number of carbonyl (C=O) groups is 2. The average molecular weight is 519 g/mol. The minimum absolute atomic E-state index is 0.0380. The third kappa shape index (κ3) is 5.29. The van der Waals surface area contributed by atoms with Crippen molar-refractivity contribution < 1.29 is 28.7 Å². The van der Waals surface area contributed by atoms with Gasteiger partial charge in [-0.05, 0) is 35.2 Å². The molecule has 1 heterocycles. The maximum absolute atomic E-state index is 13.2. The van der Waals surface area contributed by atoms with Crippen molar-refractivity contribution in [2.24, 2.45) is 11.1 Å². The van der Waals surface area contributed by atoms with Gasteiger partial charge in [0.05, 0.1) is 18.0 Å². The van der Waals surface area contributed by atoms with Gasteiger partial charge in [0.2, 0.25) is 5.88 Å². The number of rotatable bonds is 7. The first kappa shape index (κ1) is 26.2. The molecular formula is C27H26N4O7. The van der Waals surface area contributed by atoms with Gasteiger partial charge in [-0.3, -0.25) is 19.7 Å². The fourth-order valence-electron chi connectivity index (χ4n) is 4.61. The van der Waals surface area contributed by atoms with Crippen molar-refractivity contribution in [2.75, 3.05) is 19.0 Å². The molecule has 1 atom stereocenters. The van der Waals surface area contributed by atoms with Crippen LogP contribution in [0.25, 0.3) is 0 Å². The van der Waals surface area contributed by atoms with Gasteiger partial charge in [0.1, 0.15) is 17.4 Å². The summed E-state index contributed by atoms with van der Waals surface area (Å²) in [5.41, 5.74) is 7.21. The number of nitrogens with zero attached hydrogens (tertiary/aromatic N) is 2. The average Bonchev–Trinajstić information content (AvgIpc) is 2.86. The van der Waals surface area contributed by atoms with E-state index in [1.54, 1.807) is 18.2 Å². The molecule has 11 nitrogen and oxygen atoms in total. The number of hydrogen-bond acceptors (Lipinski definition) is 9. The molecule has 1 aliphatic heterocycles. The van der Waals surface area contributed by atoms with Crippen LogP contribution in [0.15, 0.2) is 65.3 Å². The molecular weight excluding hydrogens is 492 g/mol. The fourth-order valence-corrected chi connectivity index (χ4v) is 4.61. The Labute approximate surface area is 218 Å². The molecule has 0 radical (unpaired) electrons. The maximum Gasteiger partial charge on any atom is 0.269 e. The van der Waals surface area contributed by atoms with Crippen molar-refractivity contribution in [2.45, 2.75) is 32.6 Å². The number of Topliss-reactive ketones (excluding diaryl/α,β-unsaturated/α-hetero) is 1. The van der Waals surface area contributed by atoms with Crippen molar-refractivity contribution in [3.63, 3.8) is 0 Å². The van der Waals surface area contributed by atoms with Gasteiger partial charge in [-0.2, -0.15) is 5.26 Å². The quantitative estimate of drug-likeness (QED) is 0.405. The molecule has 196 valence electrons. The molecule has 1 aliphatic carbocycles. The number of ether oxygens (including phenoxy) is 3. The van der Waals surface area contributed by atoms with E-state index in [1.165, 1.54) is 31.4 Å². The second-order valence-corrected chi connectivity index (χ2v) is 9.75. The molecule has 2 aliphatic rings. The van der Waals surface area contributed by atoms with Crippen molar-refractivity contribution in [1.29, 1.82) is 5.26 Å². The molecule has 0 spiro atoms. The van der Waals surface area contributed by atoms with Crippen LogP contribution in [-0.2, 0) is 14.3 Å².